The quantitative estimate of drug-likeness (QED) is 0.370. The van der Waals surface area contributed by atoms with Gasteiger partial charge < -0.3 is 9.84 Å². The first-order chi connectivity index (χ1) is 7.97. The maximum atomic E-state index is 11.4. The Morgan fingerprint density at radius 1 is 1.29 bits per heavy atom. The number of carboxylic acids is 1. The number of rotatable bonds is 4. The number of aliphatic carboxylic acids is 1. The SMILES string of the molecule is CCc1c(OC(C)=O)cccc1C(=O)C(=O)O. The predicted molar refractivity (Wildman–Crippen MR) is 59.1 cm³/mol. The van der Waals surface area contributed by atoms with Crippen molar-refractivity contribution in [1.82, 2.24) is 0 Å². The second-order valence-corrected chi connectivity index (χ2v) is 3.36. The van der Waals surface area contributed by atoms with Gasteiger partial charge in [-0.15, -0.1) is 0 Å². The molecule has 0 unspecified atom stereocenters. The molecule has 0 atom stereocenters. The van der Waals surface area contributed by atoms with Crippen LogP contribution in [0.1, 0.15) is 29.8 Å². The fourth-order valence-electron chi connectivity index (χ4n) is 1.51. The summed E-state index contributed by atoms with van der Waals surface area (Å²) in [6.45, 7) is 2.99. The Hall–Kier alpha value is -2.17. The summed E-state index contributed by atoms with van der Waals surface area (Å²) in [6.07, 6.45) is 0.401. The minimum Gasteiger partial charge on any atom is -0.475 e. The fourth-order valence-corrected chi connectivity index (χ4v) is 1.51. The molecule has 1 rings (SSSR count). The smallest absolute Gasteiger partial charge is 0.377 e. The molecule has 0 radical (unpaired) electrons. The molecule has 1 N–H and O–H groups in total. The number of ketones is 1. The van der Waals surface area contributed by atoms with E-state index in [0.717, 1.165) is 0 Å². The Morgan fingerprint density at radius 3 is 2.41 bits per heavy atom. The molecule has 5 nitrogen and oxygen atoms in total. The molecular formula is C12H12O5. The Balaban J connectivity index is 3.27. The van der Waals surface area contributed by atoms with E-state index >= 15 is 0 Å². The van der Waals surface area contributed by atoms with Gasteiger partial charge >= 0.3 is 11.9 Å². The van der Waals surface area contributed by atoms with Crippen LogP contribution in [0.5, 0.6) is 5.75 Å². The molecule has 1 aromatic carbocycles. The van der Waals surface area contributed by atoms with Crippen LogP contribution in [0.3, 0.4) is 0 Å². The Kier molecular flexibility index (Phi) is 3.98. The van der Waals surface area contributed by atoms with Crippen molar-refractivity contribution in [3.05, 3.63) is 29.3 Å². The van der Waals surface area contributed by atoms with Crippen molar-refractivity contribution in [3.8, 4) is 5.75 Å². The van der Waals surface area contributed by atoms with Crippen molar-refractivity contribution in [3.63, 3.8) is 0 Å². The van der Waals surface area contributed by atoms with Gasteiger partial charge in [-0.05, 0) is 12.5 Å². The molecule has 0 aliphatic carbocycles. The maximum absolute atomic E-state index is 11.4. The number of ether oxygens (including phenoxy) is 1. The van der Waals surface area contributed by atoms with Gasteiger partial charge in [0.25, 0.3) is 5.78 Å². The highest BCUT2D eigenvalue weighted by Crippen LogP contribution is 2.23. The van der Waals surface area contributed by atoms with E-state index in [2.05, 4.69) is 0 Å². The van der Waals surface area contributed by atoms with Crippen molar-refractivity contribution in [2.45, 2.75) is 20.3 Å². The van der Waals surface area contributed by atoms with Crippen LogP contribution in [0.2, 0.25) is 0 Å². The van der Waals surface area contributed by atoms with Gasteiger partial charge in [0.2, 0.25) is 0 Å². The Bertz CT molecular complexity index is 476. The minimum absolute atomic E-state index is 0.0544. The number of carbonyl (C=O) groups excluding carboxylic acids is 2. The molecular weight excluding hydrogens is 224 g/mol. The molecule has 0 aliphatic heterocycles. The van der Waals surface area contributed by atoms with E-state index in [-0.39, 0.29) is 11.3 Å². The lowest BCUT2D eigenvalue weighted by atomic mass is 10.0. The molecule has 0 saturated carbocycles. The molecule has 0 fully saturated rings. The first-order valence-electron chi connectivity index (χ1n) is 5.05. The van der Waals surface area contributed by atoms with Gasteiger partial charge in [-0.25, -0.2) is 4.79 Å². The van der Waals surface area contributed by atoms with Crippen molar-refractivity contribution in [1.29, 1.82) is 0 Å². The van der Waals surface area contributed by atoms with E-state index in [1.54, 1.807) is 6.92 Å². The van der Waals surface area contributed by atoms with Crippen LogP contribution in [0.15, 0.2) is 18.2 Å². The zero-order chi connectivity index (χ0) is 13.0. The van der Waals surface area contributed by atoms with Gasteiger partial charge in [0, 0.05) is 18.1 Å². The van der Waals surface area contributed by atoms with Crippen LogP contribution in [-0.2, 0) is 16.0 Å². The lowest BCUT2D eigenvalue weighted by Crippen LogP contribution is -2.16. The van der Waals surface area contributed by atoms with Gasteiger partial charge in [-0.2, -0.15) is 0 Å². The van der Waals surface area contributed by atoms with Gasteiger partial charge in [-0.1, -0.05) is 19.1 Å². The summed E-state index contributed by atoms with van der Waals surface area (Å²) in [6, 6.07) is 4.41. The predicted octanol–water partition coefficient (Wildman–Crippen LogP) is 1.44. The van der Waals surface area contributed by atoms with Crippen LogP contribution in [-0.4, -0.2) is 22.8 Å². The van der Waals surface area contributed by atoms with Crippen LogP contribution >= 0.6 is 0 Å². The van der Waals surface area contributed by atoms with E-state index < -0.39 is 17.7 Å². The second-order valence-electron chi connectivity index (χ2n) is 3.36. The van der Waals surface area contributed by atoms with Crippen molar-refractivity contribution in [2.24, 2.45) is 0 Å². The molecule has 0 spiro atoms. The molecule has 1 aromatic rings. The first-order valence-corrected chi connectivity index (χ1v) is 5.05. The van der Waals surface area contributed by atoms with Crippen LogP contribution < -0.4 is 4.74 Å². The monoisotopic (exact) mass is 236 g/mol. The number of Topliss-reactive ketones (excluding diaryl/α,β-unsaturated/α-hetero) is 1. The van der Waals surface area contributed by atoms with E-state index in [0.29, 0.717) is 12.0 Å². The van der Waals surface area contributed by atoms with E-state index in [9.17, 15) is 14.4 Å². The standard InChI is InChI=1S/C12H12O5/c1-3-8-9(11(14)12(15)16)5-4-6-10(8)17-7(2)13/h4-6H,3H2,1-2H3,(H,15,16). The summed E-state index contributed by atoms with van der Waals surface area (Å²) in [4.78, 5) is 32.9. The largest absolute Gasteiger partial charge is 0.475 e. The summed E-state index contributed by atoms with van der Waals surface area (Å²) in [5, 5.41) is 8.67. The summed E-state index contributed by atoms with van der Waals surface area (Å²) in [5.74, 6) is -2.82. The van der Waals surface area contributed by atoms with Gasteiger partial charge in [-0.3, -0.25) is 9.59 Å². The average Bonchev–Trinajstić information content (AvgIpc) is 2.26. The molecule has 17 heavy (non-hydrogen) atoms. The Labute approximate surface area is 98.0 Å². The minimum atomic E-state index is -1.53. The number of benzene rings is 1. The highest BCUT2D eigenvalue weighted by Gasteiger charge is 2.20. The molecule has 90 valence electrons. The number of carbonyl (C=O) groups is 3. The van der Waals surface area contributed by atoms with Crippen molar-refractivity contribution >= 4 is 17.7 Å². The summed E-state index contributed by atoms with van der Waals surface area (Å²) in [7, 11) is 0. The van der Waals surface area contributed by atoms with E-state index in [1.165, 1.54) is 25.1 Å². The average molecular weight is 236 g/mol. The number of hydrogen-bond donors (Lipinski definition) is 1. The maximum Gasteiger partial charge on any atom is 0.377 e. The topological polar surface area (TPSA) is 80.7 Å². The summed E-state index contributed by atoms with van der Waals surface area (Å²) in [5.41, 5.74) is 0.480. The first kappa shape index (κ1) is 12.9. The van der Waals surface area contributed by atoms with Crippen LogP contribution in [0, 0.1) is 0 Å². The second kappa shape index (κ2) is 5.25. The number of hydrogen-bond acceptors (Lipinski definition) is 4. The third kappa shape index (κ3) is 2.90. The van der Waals surface area contributed by atoms with Gasteiger partial charge in [0.05, 0.1) is 0 Å². The van der Waals surface area contributed by atoms with Crippen LogP contribution in [0.4, 0.5) is 0 Å². The third-order valence-electron chi connectivity index (χ3n) is 2.18. The van der Waals surface area contributed by atoms with Gasteiger partial charge in [0.1, 0.15) is 5.75 Å². The number of esters is 1. The van der Waals surface area contributed by atoms with E-state index in [4.69, 9.17) is 9.84 Å². The summed E-state index contributed by atoms with van der Waals surface area (Å²) < 4.78 is 4.92. The van der Waals surface area contributed by atoms with Crippen molar-refractivity contribution in [2.75, 3.05) is 0 Å². The molecule has 0 saturated heterocycles. The lowest BCUT2D eigenvalue weighted by molar-refractivity contribution is -0.132. The zero-order valence-electron chi connectivity index (χ0n) is 9.52. The number of carboxylic acid groups (broad SMARTS) is 1. The normalized spacial score (nSPS) is 9.76. The molecule has 5 heteroatoms. The van der Waals surface area contributed by atoms with Gasteiger partial charge in [0.15, 0.2) is 0 Å². The summed E-state index contributed by atoms with van der Waals surface area (Å²) >= 11 is 0. The molecule has 0 aromatic heterocycles. The Morgan fingerprint density at radius 2 is 1.94 bits per heavy atom. The highest BCUT2D eigenvalue weighted by atomic mass is 16.5. The lowest BCUT2D eigenvalue weighted by Gasteiger charge is -2.10. The third-order valence-corrected chi connectivity index (χ3v) is 2.18. The molecule has 0 bridgehead atoms. The zero-order valence-corrected chi connectivity index (χ0v) is 9.52. The molecule has 0 heterocycles. The molecule has 0 aliphatic rings. The van der Waals surface area contributed by atoms with E-state index in [1.807, 2.05) is 0 Å². The fraction of sp³-hybridized carbons (Fsp3) is 0.250. The molecule has 0 amide bonds. The van der Waals surface area contributed by atoms with Crippen LogP contribution in [0.25, 0.3) is 0 Å². The highest BCUT2D eigenvalue weighted by molar-refractivity contribution is 6.40. The van der Waals surface area contributed by atoms with Crippen molar-refractivity contribution < 1.29 is 24.2 Å².